The van der Waals surface area contributed by atoms with E-state index in [1.165, 1.54) is 30.4 Å². The normalized spacial score (nSPS) is 19.4. The molecule has 4 rings (SSSR count). The van der Waals surface area contributed by atoms with Crippen molar-refractivity contribution in [3.8, 4) is 0 Å². The summed E-state index contributed by atoms with van der Waals surface area (Å²) in [5.74, 6) is 1.40. The highest BCUT2D eigenvalue weighted by atomic mass is 16.4. The van der Waals surface area contributed by atoms with Gasteiger partial charge in [0.1, 0.15) is 0 Å². The van der Waals surface area contributed by atoms with Crippen LogP contribution < -0.4 is 4.90 Å². The first kappa shape index (κ1) is 19.9. The predicted octanol–water partition coefficient (Wildman–Crippen LogP) is 3.95. The van der Waals surface area contributed by atoms with E-state index in [0.717, 1.165) is 32.4 Å². The van der Waals surface area contributed by atoms with E-state index in [9.17, 15) is 4.79 Å². The molecule has 0 radical (unpaired) electrons. The van der Waals surface area contributed by atoms with E-state index in [4.69, 9.17) is 4.42 Å². The Morgan fingerprint density at radius 1 is 1.07 bits per heavy atom. The Hall–Kier alpha value is -2.37. The summed E-state index contributed by atoms with van der Waals surface area (Å²) >= 11 is 0. The molecule has 1 aliphatic carbocycles. The molecule has 1 aliphatic heterocycles. The average molecular weight is 397 g/mol. The molecule has 1 unspecified atom stereocenters. The highest BCUT2D eigenvalue weighted by molar-refractivity contribution is 5.84. The molecule has 29 heavy (non-hydrogen) atoms. The fourth-order valence-corrected chi connectivity index (χ4v) is 4.69. The summed E-state index contributed by atoms with van der Waals surface area (Å²) in [6.45, 7) is 6.99. The minimum absolute atomic E-state index is 0.0162. The lowest BCUT2D eigenvalue weighted by atomic mass is 9.76. The molecule has 0 spiro atoms. The molecule has 6 heteroatoms. The molecule has 2 heterocycles. The van der Waals surface area contributed by atoms with Crippen molar-refractivity contribution in [2.75, 3.05) is 31.1 Å². The van der Waals surface area contributed by atoms with Crippen LogP contribution in [0.5, 0.6) is 0 Å². The number of aryl methyl sites for hydroxylation is 2. The molecule has 1 saturated carbocycles. The lowest BCUT2D eigenvalue weighted by Crippen LogP contribution is -2.51. The Bertz CT molecular complexity index is 803. The lowest BCUT2D eigenvalue weighted by Gasteiger charge is -2.38. The maximum Gasteiger partial charge on any atom is 0.318 e. The van der Waals surface area contributed by atoms with E-state index in [1.54, 1.807) is 0 Å². The van der Waals surface area contributed by atoms with Gasteiger partial charge in [0.2, 0.25) is 11.8 Å². The van der Waals surface area contributed by atoms with Crippen LogP contribution >= 0.6 is 0 Å². The van der Waals surface area contributed by atoms with Crippen molar-refractivity contribution >= 4 is 11.9 Å². The highest BCUT2D eigenvalue weighted by Gasteiger charge is 2.35. The maximum absolute atomic E-state index is 13.6. The summed E-state index contributed by atoms with van der Waals surface area (Å²) in [4.78, 5) is 17.8. The summed E-state index contributed by atoms with van der Waals surface area (Å²) in [7, 11) is 0. The first-order valence-corrected chi connectivity index (χ1v) is 11.1. The minimum Gasteiger partial charge on any atom is -0.408 e. The van der Waals surface area contributed by atoms with Gasteiger partial charge in [-0.15, -0.1) is 5.10 Å². The van der Waals surface area contributed by atoms with E-state index in [1.807, 2.05) is 11.8 Å². The van der Waals surface area contributed by atoms with E-state index in [-0.39, 0.29) is 5.92 Å². The summed E-state index contributed by atoms with van der Waals surface area (Å²) < 4.78 is 5.69. The quantitative estimate of drug-likeness (QED) is 0.766. The molecular formula is C23H32N4O2. The van der Waals surface area contributed by atoms with Crippen molar-refractivity contribution in [1.29, 1.82) is 0 Å². The average Bonchev–Trinajstić information content (AvgIpc) is 3.25. The molecule has 1 amide bonds. The van der Waals surface area contributed by atoms with Crippen LogP contribution in [-0.4, -0.2) is 47.2 Å². The first-order chi connectivity index (χ1) is 14.2. The van der Waals surface area contributed by atoms with Gasteiger partial charge in [-0.25, -0.2) is 0 Å². The van der Waals surface area contributed by atoms with Gasteiger partial charge in [0.15, 0.2) is 0 Å². The smallest absolute Gasteiger partial charge is 0.318 e. The molecule has 6 nitrogen and oxygen atoms in total. The number of rotatable bonds is 5. The van der Waals surface area contributed by atoms with Crippen molar-refractivity contribution in [2.24, 2.45) is 5.92 Å². The summed E-state index contributed by atoms with van der Waals surface area (Å²) in [5, 5.41) is 8.21. The zero-order chi connectivity index (χ0) is 20.2. The molecule has 0 N–H and O–H groups in total. The fourth-order valence-electron chi connectivity index (χ4n) is 4.69. The van der Waals surface area contributed by atoms with E-state index in [2.05, 4.69) is 46.3 Å². The number of hydrogen-bond acceptors (Lipinski definition) is 5. The molecular weight excluding hydrogens is 364 g/mol. The van der Waals surface area contributed by atoms with Gasteiger partial charge in [-0.05, 0) is 31.2 Å². The summed E-state index contributed by atoms with van der Waals surface area (Å²) in [5.41, 5.74) is 2.42. The van der Waals surface area contributed by atoms with Crippen LogP contribution in [0.25, 0.3) is 0 Å². The second-order valence-electron chi connectivity index (χ2n) is 8.43. The molecule has 1 saturated heterocycles. The molecule has 2 aromatic rings. The largest absolute Gasteiger partial charge is 0.408 e. The SMILES string of the molecule is CCc1nnc(N2CCN(C(=O)C(c3ccc(C)cc3)C3CCCCC3)CC2)o1. The van der Waals surface area contributed by atoms with Crippen LogP contribution in [0, 0.1) is 12.8 Å². The third-order valence-corrected chi connectivity index (χ3v) is 6.44. The Kier molecular flexibility index (Phi) is 6.16. The molecule has 2 aliphatic rings. The number of piperazine rings is 1. The maximum atomic E-state index is 13.6. The van der Waals surface area contributed by atoms with Gasteiger partial charge in [-0.1, -0.05) is 61.1 Å². The Morgan fingerprint density at radius 3 is 2.38 bits per heavy atom. The number of amides is 1. The first-order valence-electron chi connectivity index (χ1n) is 11.1. The van der Waals surface area contributed by atoms with Crippen molar-refractivity contribution in [3.63, 3.8) is 0 Å². The van der Waals surface area contributed by atoms with Crippen LogP contribution in [0.2, 0.25) is 0 Å². The van der Waals surface area contributed by atoms with Crippen molar-refractivity contribution < 1.29 is 9.21 Å². The zero-order valence-corrected chi connectivity index (χ0v) is 17.6. The van der Waals surface area contributed by atoms with Crippen molar-refractivity contribution in [1.82, 2.24) is 15.1 Å². The number of benzene rings is 1. The van der Waals surface area contributed by atoms with Gasteiger partial charge in [0, 0.05) is 32.6 Å². The van der Waals surface area contributed by atoms with E-state index >= 15 is 0 Å². The van der Waals surface area contributed by atoms with Crippen LogP contribution in [-0.2, 0) is 11.2 Å². The van der Waals surface area contributed by atoms with Gasteiger partial charge in [0.05, 0.1) is 5.92 Å². The van der Waals surface area contributed by atoms with Gasteiger partial charge >= 0.3 is 6.01 Å². The summed E-state index contributed by atoms with van der Waals surface area (Å²) in [6.07, 6.45) is 6.84. The second-order valence-corrected chi connectivity index (χ2v) is 8.43. The highest BCUT2D eigenvalue weighted by Crippen LogP contribution is 2.37. The Balaban J connectivity index is 1.46. The lowest BCUT2D eigenvalue weighted by molar-refractivity contribution is -0.134. The van der Waals surface area contributed by atoms with Gasteiger partial charge in [0.25, 0.3) is 0 Å². The molecule has 2 fully saturated rings. The van der Waals surface area contributed by atoms with Gasteiger partial charge in [-0.3, -0.25) is 4.79 Å². The number of carbonyl (C=O) groups excluding carboxylic acids is 1. The van der Waals surface area contributed by atoms with Crippen LogP contribution in [0.3, 0.4) is 0 Å². The third kappa shape index (κ3) is 4.46. The minimum atomic E-state index is -0.0162. The zero-order valence-electron chi connectivity index (χ0n) is 17.6. The third-order valence-electron chi connectivity index (χ3n) is 6.44. The van der Waals surface area contributed by atoms with E-state index in [0.29, 0.717) is 36.8 Å². The standard InChI is InChI=1S/C23H32N4O2/c1-3-20-24-25-23(29-20)27-15-13-26(14-16-27)22(28)21(18-7-5-4-6-8-18)19-11-9-17(2)10-12-19/h9-12,18,21H,3-8,13-16H2,1-2H3. The van der Waals surface area contributed by atoms with Gasteiger partial charge < -0.3 is 14.2 Å². The molecule has 0 bridgehead atoms. The fraction of sp³-hybridized carbons (Fsp3) is 0.609. The Morgan fingerprint density at radius 2 is 1.76 bits per heavy atom. The van der Waals surface area contributed by atoms with Crippen LogP contribution in [0.1, 0.15) is 62.0 Å². The Labute approximate surface area is 173 Å². The molecule has 1 aromatic carbocycles. The number of hydrogen-bond donors (Lipinski definition) is 0. The number of aromatic nitrogens is 2. The molecule has 156 valence electrons. The van der Waals surface area contributed by atoms with E-state index < -0.39 is 0 Å². The second kappa shape index (κ2) is 8.97. The number of anilines is 1. The van der Waals surface area contributed by atoms with Crippen LogP contribution in [0.4, 0.5) is 6.01 Å². The summed E-state index contributed by atoms with van der Waals surface area (Å²) in [6, 6.07) is 9.17. The van der Waals surface area contributed by atoms with Crippen molar-refractivity contribution in [3.05, 3.63) is 41.3 Å². The monoisotopic (exact) mass is 396 g/mol. The number of carbonyl (C=O) groups is 1. The van der Waals surface area contributed by atoms with Crippen LogP contribution in [0.15, 0.2) is 28.7 Å². The van der Waals surface area contributed by atoms with Gasteiger partial charge in [-0.2, -0.15) is 0 Å². The predicted molar refractivity (Wildman–Crippen MR) is 113 cm³/mol. The van der Waals surface area contributed by atoms with Crippen molar-refractivity contribution in [2.45, 2.75) is 58.3 Å². The topological polar surface area (TPSA) is 62.5 Å². The number of nitrogens with zero attached hydrogens (tertiary/aromatic N) is 4. The molecule has 1 atom stereocenters. The molecule has 1 aromatic heterocycles.